The third-order valence-corrected chi connectivity index (χ3v) is 6.75. The van der Waals surface area contributed by atoms with Gasteiger partial charge in [0.1, 0.15) is 17.4 Å². The van der Waals surface area contributed by atoms with Gasteiger partial charge in [-0.3, -0.25) is 0 Å². The van der Waals surface area contributed by atoms with E-state index in [1.807, 2.05) is 13.0 Å². The van der Waals surface area contributed by atoms with Crippen molar-refractivity contribution in [3.63, 3.8) is 0 Å². The first kappa shape index (κ1) is 16.5. The summed E-state index contributed by atoms with van der Waals surface area (Å²) in [6, 6.07) is 5.64. The van der Waals surface area contributed by atoms with E-state index in [-0.39, 0.29) is 28.0 Å². The molecule has 2 bridgehead atoms. The van der Waals surface area contributed by atoms with Crippen molar-refractivity contribution < 1.29 is 13.2 Å². The Hall–Kier alpha value is -2.63. The molecule has 1 aromatic carbocycles. The Kier molecular flexibility index (Phi) is 3.19. The van der Waals surface area contributed by atoms with Crippen molar-refractivity contribution in [2.24, 2.45) is 5.41 Å². The number of fused-ring (bicyclic) bond motifs is 5. The summed E-state index contributed by atoms with van der Waals surface area (Å²) in [6.45, 7) is 6.34. The highest BCUT2D eigenvalue weighted by atomic mass is 19.1. The van der Waals surface area contributed by atoms with Gasteiger partial charge in [0.25, 0.3) is 0 Å². The number of oxazole rings is 1. The fraction of sp³-hybridized carbons (Fsp3) is 0.381. The number of hydrogen-bond acceptors (Lipinski definition) is 4. The molecule has 0 N–H and O–H groups in total. The van der Waals surface area contributed by atoms with E-state index in [1.165, 1.54) is 24.6 Å². The van der Waals surface area contributed by atoms with Crippen molar-refractivity contribution in [2.75, 3.05) is 0 Å². The number of nitrogens with zero attached hydrogens (tertiary/aromatic N) is 3. The van der Waals surface area contributed by atoms with Gasteiger partial charge in [-0.2, -0.15) is 5.10 Å². The molecule has 4 nitrogen and oxygen atoms in total. The molecule has 1 fully saturated rings. The van der Waals surface area contributed by atoms with E-state index in [0.29, 0.717) is 0 Å². The van der Waals surface area contributed by atoms with Crippen LogP contribution in [0, 0.1) is 24.0 Å². The summed E-state index contributed by atoms with van der Waals surface area (Å²) < 4.78 is 34.0. The van der Waals surface area contributed by atoms with Crippen LogP contribution in [-0.4, -0.2) is 15.2 Å². The lowest BCUT2D eigenvalue weighted by Gasteiger charge is -2.36. The minimum absolute atomic E-state index is 0.125. The van der Waals surface area contributed by atoms with Crippen LogP contribution in [0.5, 0.6) is 0 Å². The van der Waals surface area contributed by atoms with E-state index in [0.717, 1.165) is 35.6 Å². The van der Waals surface area contributed by atoms with Crippen LogP contribution in [0.1, 0.15) is 55.3 Å². The zero-order valence-electron chi connectivity index (χ0n) is 15.4. The van der Waals surface area contributed by atoms with Crippen molar-refractivity contribution in [2.45, 2.75) is 44.9 Å². The molecular formula is C21H19F2N3O. The first-order valence-electron chi connectivity index (χ1n) is 9.11. The monoisotopic (exact) mass is 367 g/mol. The van der Waals surface area contributed by atoms with E-state index in [1.54, 1.807) is 0 Å². The van der Waals surface area contributed by atoms with Gasteiger partial charge in [0.05, 0.1) is 28.1 Å². The van der Waals surface area contributed by atoms with Crippen LogP contribution in [0.4, 0.5) is 8.78 Å². The molecular weight excluding hydrogens is 348 g/mol. The molecule has 0 radical (unpaired) electrons. The number of aryl methyl sites for hydroxylation is 1. The topological polar surface area (TPSA) is 51.8 Å². The maximum absolute atomic E-state index is 14.2. The van der Waals surface area contributed by atoms with Crippen LogP contribution < -0.4 is 0 Å². The molecule has 6 heteroatoms. The summed E-state index contributed by atoms with van der Waals surface area (Å²) in [5.41, 5.74) is 2.36. The highest BCUT2D eigenvalue weighted by Gasteiger charge is 2.65. The average molecular weight is 367 g/mol. The second-order valence-corrected chi connectivity index (χ2v) is 8.11. The second kappa shape index (κ2) is 5.21. The second-order valence-electron chi connectivity index (χ2n) is 8.11. The minimum atomic E-state index is -0.631. The summed E-state index contributed by atoms with van der Waals surface area (Å²) in [4.78, 5) is 4.52. The van der Waals surface area contributed by atoms with Gasteiger partial charge >= 0.3 is 0 Å². The molecule has 2 aliphatic carbocycles. The van der Waals surface area contributed by atoms with E-state index in [2.05, 4.69) is 29.0 Å². The fourth-order valence-corrected chi connectivity index (χ4v) is 5.43. The van der Waals surface area contributed by atoms with Crippen LogP contribution in [0.25, 0.3) is 11.3 Å². The lowest BCUT2D eigenvalue weighted by molar-refractivity contribution is 0.241. The quantitative estimate of drug-likeness (QED) is 0.645. The molecule has 2 heterocycles. The third kappa shape index (κ3) is 1.88. The predicted octanol–water partition coefficient (Wildman–Crippen LogP) is 4.92. The fourth-order valence-electron chi connectivity index (χ4n) is 5.43. The van der Waals surface area contributed by atoms with E-state index < -0.39 is 11.6 Å². The minimum Gasteiger partial charge on any atom is -0.448 e. The molecule has 0 amide bonds. The SMILES string of the molecule is Cc1ocnc1C12CCC(c3cc(-c4c(F)cccc4F)nnc31)C2(C)C. The highest BCUT2D eigenvalue weighted by molar-refractivity contribution is 5.64. The van der Waals surface area contributed by atoms with Crippen molar-refractivity contribution in [3.05, 3.63) is 65.0 Å². The van der Waals surface area contributed by atoms with E-state index >= 15 is 0 Å². The number of benzene rings is 1. The Balaban J connectivity index is 1.75. The maximum Gasteiger partial charge on any atom is 0.181 e. The van der Waals surface area contributed by atoms with Gasteiger partial charge in [-0.05, 0) is 54.9 Å². The largest absolute Gasteiger partial charge is 0.448 e. The molecule has 1 saturated carbocycles. The van der Waals surface area contributed by atoms with Crippen LogP contribution >= 0.6 is 0 Å². The number of hydrogen-bond donors (Lipinski definition) is 0. The van der Waals surface area contributed by atoms with Gasteiger partial charge in [-0.1, -0.05) is 19.9 Å². The Labute approximate surface area is 155 Å². The molecule has 3 aromatic rings. The number of aromatic nitrogens is 3. The molecule has 138 valence electrons. The average Bonchev–Trinajstić information content (AvgIpc) is 3.22. The Morgan fingerprint density at radius 2 is 1.85 bits per heavy atom. The van der Waals surface area contributed by atoms with Crippen LogP contribution in [0.3, 0.4) is 0 Å². The lowest BCUT2D eigenvalue weighted by Crippen LogP contribution is -2.37. The van der Waals surface area contributed by atoms with Crippen molar-refractivity contribution >= 4 is 0 Å². The van der Waals surface area contributed by atoms with Gasteiger partial charge in [0, 0.05) is 0 Å². The summed E-state index contributed by atoms with van der Waals surface area (Å²) >= 11 is 0. The standard InChI is InChI=1S/C21H19F2N3O/c1-11-18(24-10-27-11)21-8-7-13(20(21,2)3)12-9-16(25-26-19(12)21)17-14(22)5-4-6-15(17)23/h4-6,9-10,13H,7-8H2,1-3H3. The molecule has 2 aromatic heterocycles. The Morgan fingerprint density at radius 1 is 1.11 bits per heavy atom. The van der Waals surface area contributed by atoms with Gasteiger partial charge in [0.15, 0.2) is 6.39 Å². The summed E-state index contributed by atoms with van der Waals surface area (Å²) in [6.07, 6.45) is 3.35. The molecule has 27 heavy (non-hydrogen) atoms. The van der Waals surface area contributed by atoms with Crippen molar-refractivity contribution in [1.29, 1.82) is 0 Å². The van der Waals surface area contributed by atoms with Crippen LogP contribution in [0.2, 0.25) is 0 Å². The van der Waals surface area contributed by atoms with Gasteiger partial charge in [-0.15, -0.1) is 5.10 Å². The zero-order valence-corrected chi connectivity index (χ0v) is 15.4. The smallest absolute Gasteiger partial charge is 0.181 e. The first-order valence-corrected chi connectivity index (χ1v) is 9.11. The lowest BCUT2D eigenvalue weighted by atomic mass is 9.66. The number of halogens is 2. The molecule has 5 rings (SSSR count). The predicted molar refractivity (Wildman–Crippen MR) is 95.2 cm³/mol. The molecule has 2 atom stereocenters. The van der Waals surface area contributed by atoms with E-state index in [9.17, 15) is 8.78 Å². The Morgan fingerprint density at radius 3 is 2.52 bits per heavy atom. The maximum atomic E-state index is 14.2. The third-order valence-electron chi connectivity index (χ3n) is 6.75. The summed E-state index contributed by atoms with van der Waals surface area (Å²) in [7, 11) is 0. The first-order chi connectivity index (χ1) is 12.9. The van der Waals surface area contributed by atoms with Crippen molar-refractivity contribution in [1.82, 2.24) is 15.2 Å². The van der Waals surface area contributed by atoms with Gasteiger partial charge in [0.2, 0.25) is 0 Å². The normalized spacial score (nSPS) is 25.0. The van der Waals surface area contributed by atoms with E-state index in [4.69, 9.17) is 4.42 Å². The van der Waals surface area contributed by atoms with Crippen LogP contribution in [0.15, 0.2) is 35.1 Å². The Bertz CT molecular complexity index is 1050. The molecule has 0 spiro atoms. The molecule has 2 unspecified atom stereocenters. The molecule has 2 aliphatic rings. The summed E-state index contributed by atoms with van der Waals surface area (Å²) in [5.74, 6) is -0.252. The molecule has 0 saturated heterocycles. The molecule has 0 aliphatic heterocycles. The highest BCUT2D eigenvalue weighted by Crippen LogP contribution is 2.69. The van der Waals surface area contributed by atoms with Crippen LogP contribution in [-0.2, 0) is 5.41 Å². The van der Waals surface area contributed by atoms with Gasteiger partial charge in [-0.25, -0.2) is 13.8 Å². The number of rotatable bonds is 2. The summed E-state index contributed by atoms with van der Waals surface area (Å²) in [5, 5.41) is 8.72. The van der Waals surface area contributed by atoms with Gasteiger partial charge < -0.3 is 4.42 Å². The zero-order chi connectivity index (χ0) is 19.0. The van der Waals surface area contributed by atoms with Crippen molar-refractivity contribution in [3.8, 4) is 11.3 Å².